The molecule has 0 saturated carbocycles. The van der Waals surface area contributed by atoms with Gasteiger partial charge in [-0.05, 0) is 30.2 Å². The van der Waals surface area contributed by atoms with Gasteiger partial charge in [0.1, 0.15) is 0 Å². The van der Waals surface area contributed by atoms with E-state index in [4.69, 9.17) is 0 Å². The molecule has 0 spiro atoms. The maximum Gasteiger partial charge on any atom is 0.191 e. The maximum atomic E-state index is 4.26. The second-order valence-electron chi connectivity index (χ2n) is 5.35. The average molecular weight is 446 g/mol. The molecule has 0 aliphatic heterocycles. The first-order valence-corrected chi connectivity index (χ1v) is 9.04. The van der Waals surface area contributed by atoms with Gasteiger partial charge in [0, 0.05) is 43.6 Å². The number of rotatable bonds is 7. The Morgan fingerprint density at radius 1 is 1.26 bits per heavy atom. The Labute approximate surface area is 160 Å². The lowest BCUT2D eigenvalue weighted by Crippen LogP contribution is -2.40. The highest BCUT2D eigenvalue weighted by atomic mass is 127. The Balaban J connectivity index is 0.00000264. The van der Waals surface area contributed by atoms with Crippen molar-refractivity contribution in [2.75, 3.05) is 26.4 Å². The number of aliphatic imine (C=N–C) groups is 1. The molecule has 1 atom stereocenters. The molecular formula is C17H27IN4S. The molecule has 0 aliphatic rings. The zero-order valence-electron chi connectivity index (χ0n) is 14.1. The zero-order chi connectivity index (χ0) is 15.8. The van der Waals surface area contributed by atoms with Crippen LogP contribution in [0.2, 0.25) is 0 Å². The summed E-state index contributed by atoms with van der Waals surface area (Å²) in [5.74, 6) is 0.887. The van der Waals surface area contributed by atoms with E-state index in [-0.39, 0.29) is 24.0 Å². The van der Waals surface area contributed by atoms with Crippen LogP contribution in [0.25, 0.3) is 10.9 Å². The third-order valence-corrected chi connectivity index (χ3v) is 4.70. The van der Waals surface area contributed by atoms with Crippen LogP contribution in [-0.2, 0) is 6.54 Å². The molecule has 0 saturated heterocycles. The van der Waals surface area contributed by atoms with Crippen molar-refractivity contribution in [1.82, 2.24) is 15.2 Å². The minimum atomic E-state index is 0. The number of thioether (sulfide) groups is 1. The van der Waals surface area contributed by atoms with Crippen LogP contribution in [0.1, 0.15) is 13.3 Å². The molecule has 2 N–H and O–H groups in total. The first-order chi connectivity index (χ1) is 10.7. The number of halogens is 1. The van der Waals surface area contributed by atoms with Gasteiger partial charge >= 0.3 is 0 Å². The number of nitrogens with zero attached hydrogens (tertiary/aromatic N) is 2. The van der Waals surface area contributed by atoms with E-state index in [1.807, 2.05) is 18.8 Å². The van der Waals surface area contributed by atoms with Gasteiger partial charge in [0.05, 0.1) is 0 Å². The molecule has 6 heteroatoms. The van der Waals surface area contributed by atoms with E-state index in [1.54, 1.807) is 0 Å². The molecule has 0 bridgehead atoms. The van der Waals surface area contributed by atoms with Crippen molar-refractivity contribution in [3.05, 3.63) is 36.5 Å². The van der Waals surface area contributed by atoms with Gasteiger partial charge in [0.2, 0.25) is 0 Å². The summed E-state index contributed by atoms with van der Waals surface area (Å²) in [6, 6.07) is 10.7. The fourth-order valence-electron chi connectivity index (χ4n) is 2.34. The van der Waals surface area contributed by atoms with Gasteiger partial charge in [0.15, 0.2) is 5.96 Å². The fraction of sp³-hybridized carbons (Fsp3) is 0.471. The topological polar surface area (TPSA) is 41.4 Å². The lowest BCUT2D eigenvalue weighted by Gasteiger charge is -2.14. The van der Waals surface area contributed by atoms with Crippen molar-refractivity contribution < 1.29 is 0 Å². The van der Waals surface area contributed by atoms with Crippen LogP contribution in [0, 0.1) is 0 Å². The van der Waals surface area contributed by atoms with Crippen LogP contribution in [-0.4, -0.2) is 42.2 Å². The quantitative estimate of drug-likeness (QED) is 0.296. The van der Waals surface area contributed by atoms with Gasteiger partial charge in [-0.25, -0.2) is 0 Å². The van der Waals surface area contributed by atoms with E-state index >= 15 is 0 Å². The molecule has 1 aromatic heterocycles. The summed E-state index contributed by atoms with van der Waals surface area (Å²) in [7, 11) is 1.82. The van der Waals surface area contributed by atoms with Crippen molar-refractivity contribution in [2.24, 2.45) is 4.99 Å². The second kappa shape index (κ2) is 10.8. The third kappa shape index (κ3) is 6.25. The Morgan fingerprint density at radius 2 is 2.04 bits per heavy atom. The summed E-state index contributed by atoms with van der Waals surface area (Å²) in [4.78, 5) is 4.26. The van der Waals surface area contributed by atoms with E-state index in [9.17, 15) is 0 Å². The molecule has 1 aromatic carbocycles. The van der Waals surface area contributed by atoms with Crippen LogP contribution in [0.15, 0.2) is 41.5 Å². The van der Waals surface area contributed by atoms with E-state index in [0.29, 0.717) is 5.25 Å². The predicted octanol–water partition coefficient (Wildman–Crippen LogP) is 3.57. The van der Waals surface area contributed by atoms with E-state index in [1.165, 1.54) is 10.9 Å². The number of hydrogen-bond donors (Lipinski definition) is 2. The number of nitrogens with one attached hydrogen (secondary N) is 2. The first kappa shape index (κ1) is 20.2. The lowest BCUT2D eigenvalue weighted by molar-refractivity contribution is 0.640. The molecule has 0 radical (unpaired) electrons. The number of guanidine groups is 1. The van der Waals surface area contributed by atoms with Crippen molar-refractivity contribution >= 4 is 52.6 Å². The van der Waals surface area contributed by atoms with Gasteiger partial charge in [-0.15, -0.1) is 24.0 Å². The van der Waals surface area contributed by atoms with Crippen LogP contribution in [0.5, 0.6) is 0 Å². The fourth-order valence-corrected chi connectivity index (χ4v) is 2.59. The van der Waals surface area contributed by atoms with Crippen molar-refractivity contribution in [3.8, 4) is 0 Å². The number of hydrogen-bond acceptors (Lipinski definition) is 2. The summed E-state index contributed by atoms with van der Waals surface area (Å²) in [5, 5.41) is 8.62. The highest BCUT2D eigenvalue weighted by molar-refractivity contribution is 14.0. The molecule has 0 fully saturated rings. The smallest absolute Gasteiger partial charge is 0.191 e. The molecule has 1 unspecified atom stereocenters. The molecule has 2 rings (SSSR count). The number of aromatic nitrogens is 1. The van der Waals surface area contributed by atoms with Crippen LogP contribution < -0.4 is 10.6 Å². The monoisotopic (exact) mass is 446 g/mol. The van der Waals surface area contributed by atoms with E-state index in [2.05, 4.69) is 69.9 Å². The summed E-state index contributed by atoms with van der Waals surface area (Å²) in [6.07, 6.45) is 5.36. The normalized spacial score (nSPS) is 12.7. The predicted molar refractivity (Wildman–Crippen MR) is 114 cm³/mol. The molecule has 1 heterocycles. The minimum Gasteiger partial charge on any atom is -0.356 e. The standard InChI is InChI=1S/C17H26N4S.HI/c1-14(22-3)13-20-17(18-2)19-10-6-11-21-12-9-15-7-4-5-8-16(15)21;/h4-5,7-9,12,14H,6,10-11,13H2,1-3H3,(H2,18,19,20);1H. The van der Waals surface area contributed by atoms with Crippen molar-refractivity contribution in [2.45, 2.75) is 25.1 Å². The van der Waals surface area contributed by atoms with Gasteiger partial charge in [-0.3, -0.25) is 4.99 Å². The Hall–Kier alpha value is -0.890. The molecular weight excluding hydrogens is 419 g/mol. The highest BCUT2D eigenvalue weighted by Crippen LogP contribution is 2.15. The Bertz CT molecular complexity index is 611. The molecule has 0 amide bonds. The summed E-state index contributed by atoms with van der Waals surface area (Å²) < 4.78 is 2.31. The van der Waals surface area contributed by atoms with Gasteiger partial charge < -0.3 is 15.2 Å². The zero-order valence-corrected chi connectivity index (χ0v) is 17.2. The van der Waals surface area contributed by atoms with Crippen molar-refractivity contribution in [1.29, 1.82) is 0 Å². The van der Waals surface area contributed by atoms with E-state index < -0.39 is 0 Å². The summed E-state index contributed by atoms with van der Waals surface area (Å²) >= 11 is 1.86. The molecule has 4 nitrogen and oxygen atoms in total. The number of aryl methyl sites for hydroxylation is 1. The molecule has 2 aromatic rings. The second-order valence-corrected chi connectivity index (χ2v) is 6.62. The molecule has 0 aliphatic carbocycles. The Morgan fingerprint density at radius 3 is 2.78 bits per heavy atom. The lowest BCUT2D eigenvalue weighted by atomic mass is 10.2. The molecule has 23 heavy (non-hydrogen) atoms. The maximum absolute atomic E-state index is 4.26. The van der Waals surface area contributed by atoms with Crippen LogP contribution >= 0.6 is 35.7 Å². The SMILES string of the molecule is CN=C(NCCCn1ccc2ccccc21)NCC(C)SC.I. The Kier molecular flexibility index (Phi) is 9.47. The van der Waals surface area contributed by atoms with Gasteiger partial charge in [0.25, 0.3) is 0 Å². The van der Waals surface area contributed by atoms with Crippen LogP contribution in [0.4, 0.5) is 0 Å². The number of para-hydroxylation sites is 1. The summed E-state index contributed by atoms with van der Waals surface area (Å²) in [6.45, 7) is 5.07. The summed E-state index contributed by atoms with van der Waals surface area (Å²) in [5.41, 5.74) is 1.30. The highest BCUT2D eigenvalue weighted by Gasteiger charge is 2.02. The van der Waals surface area contributed by atoms with E-state index in [0.717, 1.165) is 32.0 Å². The van der Waals surface area contributed by atoms with Gasteiger partial charge in [-0.2, -0.15) is 11.8 Å². The average Bonchev–Trinajstić information content (AvgIpc) is 2.97. The van der Waals surface area contributed by atoms with Gasteiger partial charge in [-0.1, -0.05) is 25.1 Å². The number of benzene rings is 1. The number of fused-ring (bicyclic) bond motifs is 1. The molecule has 128 valence electrons. The third-order valence-electron chi connectivity index (χ3n) is 3.73. The van der Waals surface area contributed by atoms with Crippen molar-refractivity contribution in [3.63, 3.8) is 0 Å². The van der Waals surface area contributed by atoms with Crippen LogP contribution in [0.3, 0.4) is 0 Å². The largest absolute Gasteiger partial charge is 0.356 e. The minimum absolute atomic E-state index is 0. The first-order valence-electron chi connectivity index (χ1n) is 7.75.